The third kappa shape index (κ3) is 83.6. The van der Waals surface area contributed by atoms with Crippen LogP contribution in [0.25, 0.3) is 0 Å². The largest absolute Gasteiger partial charge is 1.00 e. The van der Waals surface area contributed by atoms with Gasteiger partial charge in [0.25, 0.3) is 0 Å². The Hall–Kier alpha value is 1.05. The number of hydrogen-bond acceptors (Lipinski definition) is 15. The van der Waals surface area contributed by atoms with Crippen molar-refractivity contribution in [3.05, 3.63) is 0 Å². The molecule has 0 amide bonds. The zero-order chi connectivity index (χ0) is 27.8. The fourth-order valence-electron chi connectivity index (χ4n) is 0.500. The topological polar surface area (TPSA) is 337 Å². The van der Waals surface area contributed by atoms with Crippen molar-refractivity contribution in [1.29, 1.82) is 0 Å². The Morgan fingerprint density at radius 2 is 0.611 bits per heavy atom. The van der Waals surface area contributed by atoms with Crippen molar-refractivity contribution in [1.82, 2.24) is 0 Å². The van der Waals surface area contributed by atoms with E-state index in [1.807, 2.05) is 0 Å². The van der Waals surface area contributed by atoms with Gasteiger partial charge >= 0.3 is 88.7 Å². The van der Waals surface area contributed by atoms with Gasteiger partial charge in [-0.25, -0.2) is 0 Å². The zero-order valence-corrected chi connectivity index (χ0v) is 28.9. The predicted molar refractivity (Wildman–Crippen MR) is 118 cm³/mol. The summed E-state index contributed by atoms with van der Waals surface area (Å²) in [4.78, 5) is 28.7. The number of carboxylic acids is 3. The fourth-order valence-corrected chi connectivity index (χ4v) is 0.500. The molecule has 3 unspecified atom stereocenters. The summed E-state index contributed by atoms with van der Waals surface area (Å²) in [6.07, 6.45) is -3.24. The smallest absolute Gasteiger partial charge is 0.547 e. The third-order valence-corrected chi connectivity index (χ3v) is 2.48. The van der Waals surface area contributed by atoms with Gasteiger partial charge in [-0.2, -0.15) is 0 Å². The monoisotopic (exact) mass is 558 g/mol. The van der Waals surface area contributed by atoms with Gasteiger partial charge in [0, 0.05) is 39.3 Å². The molecule has 0 fully saturated rings. The van der Waals surface area contributed by atoms with Crippen molar-refractivity contribution in [2.24, 2.45) is 34.4 Å². The molecule has 0 saturated carbocycles. The fraction of sp³-hybridized carbons (Fsp3) is 0.833. The molecule has 0 saturated heterocycles. The van der Waals surface area contributed by atoms with Gasteiger partial charge in [0.05, 0.1) is 36.2 Å². The van der Waals surface area contributed by atoms with Crippen LogP contribution in [0.3, 0.4) is 0 Å². The number of aliphatic hydroxyl groups excluding tert-OH is 3. The van der Waals surface area contributed by atoms with E-state index < -0.39 is 36.2 Å². The van der Waals surface area contributed by atoms with Gasteiger partial charge in [0.1, 0.15) is 0 Å². The molecule has 0 spiro atoms. The van der Waals surface area contributed by atoms with E-state index in [-0.39, 0.29) is 108 Å². The second kappa shape index (κ2) is 56.3. The SMILES string of the molecule is CCC(O)C(=O)[O-].CCC(O)C(=O)[O-].CCC(O)C(=O)[O-].NCCN.NCCN.NCCN.[Na+].[Na+].[Na+]. The van der Waals surface area contributed by atoms with E-state index in [0.29, 0.717) is 39.3 Å². The van der Waals surface area contributed by atoms with Crippen LogP contribution in [0.15, 0.2) is 0 Å². The summed E-state index contributed by atoms with van der Waals surface area (Å²) in [6, 6.07) is 0. The maximum Gasteiger partial charge on any atom is 1.00 e. The molecular weight excluding hydrogens is 513 g/mol. The first-order valence-corrected chi connectivity index (χ1v) is 10.2. The molecule has 18 heteroatoms. The molecule has 0 aromatic carbocycles. The minimum Gasteiger partial charge on any atom is -0.547 e. The summed E-state index contributed by atoms with van der Waals surface area (Å²) in [6.45, 7) is 8.29. The van der Waals surface area contributed by atoms with Gasteiger partial charge in [-0.05, 0) is 19.3 Å². The summed E-state index contributed by atoms with van der Waals surface area (Å²) >= 11 is 0. The molecule has 0 radical (unpaired) electrons. The van der Waals surface area contributed by atoms with Crippen LogP contribution in [0, 0.1) is 0 Å². The molecule has 15 nitrogen and oxygen atoms in total. The molecule has 0 bridgehead atoms. The van der Waals surface area contributed by atoms with E-state index >= 15 is 0 Å². The molecule has 0 rings (SSSR count). The minimum absolute atomic E-state index is 0. The van der Waals surface area contributed by atoms with Crippen LogP contribution in [0.4, 0.5) is 0 Å². The first-order valence-electron chi connectivity index (χ1n) is 10.2. The molecule has 0 aliphatic carbocycles. The second-order valence-corrected chi connectivity index (χ2v) is 5.46. The summed E-state index contributed by atoms with van der Waals surface area (Å²) in [7, 11) is 0. The van der Waals surface area contributed by atoms with Crippen molar-refractivity contribution in [2.45, 2.75) is 58.3 Å². The van der Waals surface area contributed by atoms with Crippen LogP contribution < -0.4 is 138 Å². The predicted octanol–water partition coefficient (Wildman–Crippen LogP) is -16.8. The van der Waals surface area contributed by atoms with E-state index in [0.717, 1.165) is 0 Å². The van der Waals surface area contributed by atoms with E-state index in [1.165, 1.54) is 0 Å². The number of nitrogens with two attached hydrogens (primary N) is 6. The summed E-state index contributed by atoms with van der Waals surface area (Å²) in [5.74, 6) is -4.20. The van der Waals surface area contributed by atoms with Gasteiger partial charge in [0.15, 0.2) is 0 Å². The van der Waals surface area contributed by atoms with Crippen molar-refractivity contribution >= 4 is 17.9 Å². The van der Waals surface area contributed by atoms with Crippen molar-refractivity contribution < 1.29 is 134 Å². The number of carbonyl (C=O) groups is 3. The Kier molecular flexibility index (Phi) is 95.7. The molecule has 15 N–H and O–H groups in total. The van der Waals surface area contributed by atoms with Gasteiger partial charge in [-0.3, -0.25) is 0 Å². The Labute approximate surface area is 281 Å². The third-order valence-electron chi connectivity index (χ3n) is 2.48. The van der Waals surface area contributed by atoms with Crippen LogP contribution in [0.2, 0.25) is 0 Å². The molecular formula is C18H45N6Na3O9. The molecule has 0 heterocycles. The Bertz CT molecular complexity index is 359. The Balaban J connectivity index is -0.0000000348. The normalized spacial score (nSPS) is 10.3. The van der Waals surface area contributed by atoms with Crippen LogP contribution in [-0.4, -0.2) is 90.8 Å². The molecule has 0 aromatic rings. The van der Waals surface area contributed by atoms with Gasteiger partial charge in [0.2, 0.25) is 0 Å². The van der Waals surface area contributed by atoms with Gasteiger partial charge < -0.3 is 79.4 Å². The summed E-state index contributed by atoms with van der Waals surface area (Å²) < 4.78 is 0. The summed E-state index contributed by atoms with van der Waals surface area (Å²) in [5, 5.41) is 53.5. The maximum atomic E-state index is 9.57. The van der Waals surface area contributed by atoms with Gasteiger partial charge in [-0.1, -0.05) is 20.8 Å². The van der Waals surface area contributed by atoms with Crippen LogP contribution in [-0.2, 0) is 14.4 Å². The molecule has 204 valence electrons. The molecule has 3 atom stereocenters. The average Bonchev–Trinajstić information content (AvgIpc) is 2.83. The number of aliphatic hydroxyl groups is 3. The zero-order valence-electron chi connectivity index (χ0n) is 22.9. The quantitative estimate of drug-likeness (QED) is 0.119. The standard InChI is InChI=1S/3C4H8O3.3C2H8N2.3Na/c3*1-2-3(5)4(6)7;3*3-1-2-4;;;/h3*3,5H,2H2,1H3,(H,6,7);3*1-4H2;;;/q;;;;;;3*+1/p-3. The van der Waals surface area contributed by atoms with Crippen LogP contribution in [0.5, 0.6) is 0 Å². The van der Waals surface area contributed by atoms with Crippen LogP contribution >= 0.6 is 0 Å². The van der Waals surface area contributed by atoms with E-state index in [1.54, 1.807) is 20.8 Å². The first kappa shape index (κ1) is 61.2. The maximum absolute atomic E-state index is 9.57. The molecule has 0 aliphatic heterocycles. The first-order chi connectivity index (χ1) is 15.3. The minimum atomic E-state index is -1.40. The number of hydrogen-bond donors (Lipinski definition) is 9. The molecule has 0 aromatic heterocycles. The Morgan fingerprint density at radius 1 is 0.500 bits per heavy atom. The second-order valence-electron chi connectivity index (χ2n) is 5.46. The van der Waals surface area contributed by atoms with E-state index in [4.69, 9.17) is 49.7 Å². The number of carboxylic acid groups (broad SMARTS) is 3. The number of aliphatic carboxylic acids is 3. The Morgan fingerprint density at radius 3 is 0.611 bits per heavy atom. The molecule has 36 heavy (non-hydrogen) atoms. The van der Waals surface area contributed by atoms with Gasteiger partial charge in [-0.15, -0.1) is 0 Å². The van der Waals surface area contributed by atoms with Crippen LogP contribution in [0.1, 0.15) is 40.0 Å². The number of carbonyl (C=O) groups excluding carboxylic acids is 3. The molecule has 0 aliphatic rings. The van der Waals surface area contributed by atoms with E-state index in [9.17, 15) is 29.7 Å². The average molecular weight is 559 g/mol. The van der Waals surface area contributed by atoms with Crippen molar-refractivity contribution in [3.8, 4) is 0 Å². The van der Waals surface area contributed by atoms with E-state index in [2.05, 4.69) is 0 Å². The van der Waals surface area contributed by atoms with Crippen molar-refractivity contribution in [2.75, 3.05) is 39.3 Å². The number of rotatable bonds is 9. The summed E-state index contributed by atoms with van der Waals surface area (Å²) in [5.41, 5.74) is 29.4. The van der Waals surface area contributed by atoms with Crippen molar-refractivity contribution in [3.63, 3.8) is 0 Å².